The highest BCUT2D eigenvalue weighted by atomic mass is 19.1. The molecular formula is C24H27FN2O2. The van der Waals surface area contributed by atoms with Crippen LogP contribution in [0.15, 0.2) is 72.2 Å². The van der Waals surface area contributed by atoms with Crippen molar-refractivity contribution >= 4 is 11.8 Å². The SMILES string of the molecule is C=C/C(=C\C)c1ccc(C)cc1CO.Fc1cncc(OCC2=CCCC=N2)c1. The van der Waals surface area contributed by atoms with Gasteiger partial charge in [0.2, 0.25) is 0 Å². The lowest BCUT2D eigenvalue weighted by Gasteiger charge is -2.08. The van der Waals surface area contributed by atoms with Crippen LogP contribution in [0, 0.1) is 12.7 Å². The summed E-state index contributed by atoms with van der Waals surface area (Å²) in [7, 11) is 0. The molecule has 0 aliphatic carbocycles. The van der Waals surface area contributed by atoms with Gasteiger partial charge in [-0.1, -0.05) is 48.6 Å². The van der Waals surface area contributed by atoms with E-state index in [0.717, 1.165) is 47.0 Å². The number of hydrogen-bond donors (Lipinski definition) is 1. The Morgan fingerprint density at radius 1 is 1.28 bits per heavy atom. The number of aliphatic imine (C=N–C) groups is 1. The Morgan fingerprint density at radius 2 is 2.10 bits per heavy atom. The van der Waals surface area contributed by atoms with E-state index in [9.17, 15) is 9.50 Å². The molecule has 0 bridgehead atoms. The lowest BCUT2D eigenvalue weighted by molar-refractivity contribution is 0.281. The van der Waals surface area contributed by atoms with E-state index < -0.39 is 5.82 Å². The van der Waals surface area contributed by atoms with Gasteiger partial charge in [-0.05, 0) is 43.4 Å². The van der Waals surface area contributed by atoms with Crippen molar-refractivity contribution in [2.24, 2.45) is 4.99 Å². The Morgan fingerprint density at radius 3 is 2.72 bits per heavy atom. The molecule has 0 atom stereocenters. The van der Waals surface area contributed by atoms with Crippen molar-refractivity contribution in [3.8, 4) is 5.75 Å². The Hall–Kier alpha value is -3.05. The number of pyridine rings is 1. The van der Waals surface area contributed by atoms with E-state index in [1.807, 2.05) is 56.5 Å². The van der Waals surface area contributed by atoms with Gasteiger partial charge >= 0.3 is 0 Å². The maximum atomic E-state index is 12.7. The molecule has 0 spiro atoms. The quantitative estimate of drug-likeness (QED) is 0.665. The molecule has 5 heteroatoms. The van der Waals surface area contributed by atoms with Crippen LogP contribution in [0.3, 0.4) is 0 Å². The molecule has 0 saturated carbocycles. The van der Waals surface area contributed by atoms with Crippen molar-refractivity contribution in [3.05, 3.63) is 89.7 Å². The number of aromatic nitrogens is 1. The van der Waals surface area contributed by atoms with E-state index in [-0.39, 0.29) is 6.61 Å². The normalized spacial score (nSPS) is 13.2. The average molecular weight is 394 g/mol. The zero-order valence-corrected chi connectivity index (χ0v) is 16.9. The summed E-state index contributed by atoms with van der Waals surface area (Å²) in [6, 6.07) is 7.38. The van der Waals surface area contributed by atoms with Gasteiger partial charge < -0.3 is 9.84 Å². The molecule has 1 aromatic heterocycles. The Bertz CT molecular complexity index is 917. The summed E-state index contributed by atoms with van der Waals surface area (Å²) >= 11 is 0. The van der Waals surface area contributed by atoms with E-state index in [4.69, 9.17) is 4.74 Å². The topological polar surface area (TPSA) is 54.7 Å². The molecule has 1 aliphatic rings. The molecular weight excluding hydrogens is 367 g/mol. The second-order valence-corrected chi connectivity index (χ2v) is 6.48. The van der Waals surface area contributed by atoms with E-state index in [1.165, 1.54) is 12.3 Å². The zero-order valence-electron chi connectivity index (χ0n) is 16.9. The first-order chi connectivity index (χ1) is 14.1. The second-order valence-electron chi connectivity index (χ2n) is 6.48. The molecule has 0 amide bonds. The third-order valence-corrected chi connectivity index (χ3v) is 4.27. The molecule has 29 heavy (non-hydrogen) atoms. The minimum Gasteiger partial charge on any atom is -0.486 e. The molecule has 2 aromatic rings. The highest BCUT2D eigenvalue weighted by Gasteiger charge is 2.04. The number of aliphatic hydroxyl groups excluding tert-OH is 1. The lowest BCUT2D eigenvalue weighted by Crippen LogP contribution is -2.02. The highest BCUT2D eigenvalue weighted by molar-refractivity contribution is 5.75. The van der Waals surface area contributed by atoms with Gasteiger partial charge in [-0.15, -0.1) is 0 Å². The van der Waals surface area contributed by atoms with E-state index in [2.05, 4.69) is 16.6 Å². The summed E-state index contributed by atoms with van der Waals surface area (Å²) in [5.74, 6) is 0.0327. The number of aliphatic hydroxyl groups is 1. The molecule has 1 N–H and O–H groups in total. The van der Waals surface area contributed by atoms with Gasteiger partial charge in [0.25, 0.3) is 0 Å². The van der Waals surface area contributed by atoms with E-state index >= 15 is 0 Å². The lowest BCUT2D eigenvalue weighted by atomic mass is 9.98. The van der Waals surface area contributed by atoms with Gasteiger partial charge in [0.1, 0.15) is 18.2 Å². The Kier molecular flexibility index (Phi) is 8.99. The standard InChI is InChI=1S/C13H16O.C11H11FN2O/c1-4-11(5-2)13-7-6-10(3)8-12(13)9-14;12-9-5-11(7-13-6-9)15-8-10-3-1-2-4-14-10/h4-8,14H,1,9H2,2-3H3;3-7H,1-2,8H2/b11-5+;. The number of nitrogens with zero attached hydrogens (tertiary/aromatic N) is 2. The van der Waals surface area contributed by atoms with Crippen molar-refractivity contribution in [3.63, 3.8) is 0 Å². The van der Waals surface area contributed by atoms with Gasteiger partial charge in [-0.3, -0.25) is 9.98 Å². The fourth-order valence-corrected chi connectivity index (χ4v) is 2.80. The predicted octanol–water partition coefficient (Wildman–Crippen LogP) is 5.42. The first kappa shape index (κ1) is 22.2. The van der Waals surface area contributed by atoms with Crippen LogP contribution < -0.4 is 4.74 Å². The largest absolute Gasteiger partial charge is 0.486 e. The first-order valence-electron chi connectivity index (χ1n) is 9.51. The Labute approximate surface area is 171 Å². The third-order valence-electron chi connectivity index (χ3n) is 4.27. The average Bonchev–Trinajstić information content (AvgIpc) is 2.75. The summed E-state index contributed by atoms with van der Waals surface area (Å²) in [5.41, 5.74) is 5.13. The smallest absolute Gasteiger partial charge is 0.145 e. The molecule has 0 unspecified atom stereocenters. The highest BCUT2D eigenvalue weighted by Crippen LogP contribution is 2.21. The molecule has 2 heterocycles. The van der Waals surface area contributed by atoms with Gasteiger partial charge in [-0.2, -0.15) is 0 Å². The van der Waals surface area contributed by atoms with E-state index in [0.29, 0.717) is 12.4 Å². The molecule has 0 fully saturated rings. The number of halogens is 1. The van der Waals surface area contributed by atoms with Crippen molar-refractivity contribution < 1.29 is 14.2 Å². The molecule has 0 radical (unpaired) electrons. The second kappa shape index (κ2) is 11.7. The van der Waals surface area contributed by atoms with Crippen molar-refractivity contribution in [1.29, 1.82) is 0 Å². The fraction of sp³-hybridized carbons (Fsp3) is 0.250. The van der Waals surface area contributed by atoms with Crippen molar-refractivity contribution in [2.75, 3.05) is 6.61 Å². The monoisotopic (exact) mass is 394 g/mol. The van der Waals surface area contributed by atoms with Crippen LogP contribution in [0.1, 0.15) is 36.5 Å². The number of ether oxygens (including phenoxy) is 1. The van der Waals surface area contributed by atoms with Crippen LogP contribution in [-0.4, -0.2) is 22.9 Å². The number of aryl methyl sites for hydroxylation is 1. The first-order valence-corrected chi connectivity index (χ1v) is 9.51. The Balaban J connectivity index is 0.000000208. The summed E-state index contributed by atoms with van der Waals surface area (Å²) in [6.45, 7) is 8.18. The van der Waals surface area contributed by atoms with Crippen LogP contribution >= 0.6 is 0 Å². The zero-order chi connectivity index (χ0) is 21.1. The summed E-state index contributed by atoms with van der Waals surface area (Å²) in [6.07, 6.45) is 12.3. The van der Waals surface area contributed by atoms with Crippen molar-refractivity contribution in [1.82, 2.24) is 4.98 Å². The van der Waals surface area contributed by atoms with Crippen LogP contribution in [0.2, 0.25) is 0 Å². The van der Waals surface area contributed by atoms with Crippen LogP contribution in [0.25, 0.3) is 5.57 Å². The number of hydrogen-bond acceptors (Lipinski definition) is 4. The third kappa shape index (κ3) is 7.12. The summed E-state index contributed by atoms with van der Waals surface area (Å²) < 4.78 is 18.1. The van der Waals surface area contributed by atoms with Gasteiger partial charge in [0.15, 0.2) is 0 Å². The predicted molar refractivity (Wildman–Crippen MR) is 116 cm³/mol. The van der Waals surface area contributed by atoms with Crippen LogP contribution in [0.5, 0.6) is 5.75 Å². The minimum absolute atomic E-state index is 0.0716. The maximum Gasteiger partial charge on any atom is 0.145 e. The number of benzene rings is 1. The molecule has 152 valence electrons. The molecule has 1 aromatic carbocycles. The van der Waals surface area contributed by atoms with Gasteiger partial charge in [0.05, 0.1) is 24.7 Å². The van der Waals surface area contributed by atoms with Crippen molar-refractivity contribution in [2.45, 2.75) is 33.3 Å². The fourth-order valence-electron chi connectivity index (χ4n) is 2.80. The number of allylic oxidation sites excluding steroid dienone is 4. The van der Waals surface area contributed by atoms with Gasteiger partial charge in [-0.25, -0.2) is 4.39 Å². The minimum atomic E-state index is -0.395. The van der Waals surface area contributed by atoms with E-state index in [1.54, 1.807) is 0 Å². The molecule has 3 rings (SSSR count). The van der Waals surface area contributed by atoms with Crippen LogP contribution in [-0.2, 0) is 6.61 Å². The van der Waals surface area contributed by atoms with Crippen LogP contribution in [0.4, 0.5) is 4.39 Å². The maximum absolute atomic E-state index is 12.7. The summed E-state index contributed by atoms with van der Waals surface area (Å²) in [4.78, 5) is 7.85. The number of rotatable bonds is 6. The van der Waals surface area contributed by atoms with Gasteiger partial charge in [0, 0.05) is 12.3 Å². The molecule has 0 saturated heterocycles. The summed E-state index contributed by atoms with van der Waals surface area (Å²) in [5, 5.41) is 9.22. The molecule has 1 aliphatic heterocycles. The molecule has 4 nitrogen and oxygen atoms in total.